The first-order valence-corrected chi connectivity index (χ1v) is 7.21. The minimum absolute atomic E-state index is 0.124. The number of carboxylic acid groups (broad SMARTS) is 1. The van der Waals surface area contributed by atoms with Crippen LogP contribution in [0.3, 0.4) is 0 Å². The standard InChI is InChI=1S/C14H25NO2/c1-2-15-10-6-5-9-12(14(16)17)13(15)11-7-3-4-8-11/h11-13H,2-10H2,1H3,(H,16,17)/t12-,13+/m0/s1. The fourth-order valence-corrected chi connectivity index (χ4v) is 3.82. The van der Waals surface area contributed by atoms with Crippen molar-refractivity contribution in [1.82, 2.24) is 4.90 Å². The molecular weight excluding hydrogens is 214 g/mol. The van der Waals surface area contributed by atoms with Gasteiger partial charge >= 0.3 is 5.97 Å². The van der Waals surface area contributed by atoms with Gasteiger partial charge in [0.15, 0.2) is 0 Å². The SMILES string of the molecule is CCN1CCCC[C@H](C(=O)O)[C@H]1C1CCCC1. The maximum Gasteiger partial charge on any atom is 0.308 e. The Morgan fingerprint density at radius 1 is 1.18 bits per heavy atom. The van der Waals surface area contributed by atoms with Gasteiger partial charge in [-0.1, -0.05) is 26.2 Å². The van der Waals surface area contributed by atoms with Gasteiger partial charge in [0.1, 0.15) is 0 Å². The number of carbonyl (C=O) groups is 1. The Balaban J connectivity index is 2.17. The zero-order valence-electron chi connectivity index (χ0n) is 10.9. The van der Waals surface area contributed by atoms with Crippen molar-refractivity contribution in [3.8, 4) is 0 Å². The molecule has 0 aromatic heterocycles. The molecule has 1 heterocycles. The van der Waals surface area contributed by atoms with Crippen LogP contribution in [-0.4, -0.2) is 35.1 Å². The number of carboxylic acids is 1. The van der Waals surface area contributed by atoms with Gasteiger partial charge in [-0.2, -0.15) is 0 Å². The Bertz CT molecular complexity index is 261. The van der Waals surface area contributed by atoms with Crippen molar-refractivity contribution >= 4 is 5.97 Å². The van der Waals surface area contributed by atoms with E-state index in [2.05, 4.69) is 11.8 Å². The van der Waals surface area contributed by atoms with Gasteiger partial charge in [-0.25, -0.2) is 0 Å². The molecule has 1 N–H and O–H groups in total. The third-order valence-electron chi connectivity index (χ3n) is 4.65. The lowest BCUT2D eigenvalue weighted by molar-refractivity contribution is -0.145. The molecule has 1 saturated carbocycles. The van der Waals surface area contributed by atoms with E-state index >= 15 is 0 Å². The lowest BCUT2D eigenvalue weighted by Gasteiger charge is -2.36. The average molecular weight is 239 g/mol. The zero-order valence-corrected chi connectivity index (χ0v) is 10.9. The molecule has 3 heteroatoms. The van der Waals surface area contributed by atoms with Crippen LogP contribution in [-0.2, 0) is 4.79 Å². The molecule has 1 aliphatic carbocycles. The van der Waals surface area contributed by atoms with Crippen LogP contribution in [0, 0.1) is 11.8 Å². The molecule has 17 heavy (non-hydrogen) atoms. The quantitative estimate of drug-likeness (QED) is 0.823. The van der Waals surface area contributed by atoms with E-state index in [4.69, 9.17) is 0 Å². The Kier molecular flexibility index (Phi) is 4.43. The molecule has 2 fully saturated rings. The number of nitrogens with zero attached hydrogens (tertiary/aromatic N) is 1. The lowest BCUT2D eigenvalue weighted by atomic mass is 9.84. The van der Waals surface area contributed by atoms with Crippen molar-refractivity contribution in [2.24, 2.45) is 11.8 Å². The van der Waals surface area contributed by atoms with Crippen LogP contribution >= 0.6 is 0 Å². The first-order valence-electron chi connectivity index (χ1n) is 7.21. The molecule has 2 atom stereocenters. The summed E-state index contributed by atoms with van der Waals surface area (Å²) in [7, 11) is 0. The fraction of sp³-hybridized carbons (Fsp3) is 0.929. The van der Waals surface area contributed by atoms with E-state index in [1.54, 1.807) is 0 Å². The number of likely N-dealkylation sites (tertiary alicyclic amines) is 1. The van der Waals surface area contributed by atoms with E-state index in [1.807, 2.05) is 0 Å². The van der Waals surface area contributed by atoms with Crippen LogP contribution in [0.2, 0.25) is 0 Å². The van der Waals surface area contributed by atoms with Crippen LogP contribution < -0.4 is 0 Å². The predicted molar refractivity (Wildman–Crippen MR) is 68.0 cm³/mol. The summed E-state index contributed by atoms with van der Waals surface area (Å²) >= 11 is 0. The van der Waals surface area contributed by atoms with E-state index in [0.717, 1.165) is 25.9 Å². The number of hydrogen-bond acceptors (Lipinski definition) is 2. The first kappa shape index (κ1) is 12.9. The van der Waals surface area contributed by atoms with Gasteiger partial charge in [0.25, 0.3) is 0 Å². The molecule has 1 aliphatic heterocycles. The summed E-state index contributed by atoms with van der Waals surface area (Å²) in [5, 5.41) is 9.48. The highest BCUT2D eigenvalue weighted by atomic mass is 16.4. The van der Waals surface area contributed by atoms with E-state index in [1.165, 1.54) is 32.1 Å². The minimum Gasteiger partial charge on any atom is -0.481 e. The molecule has 0 spiro atoms. The predicted octanol–water partition coefficient (Wildman–Crippen LogP) is 2.75. The third-order valence-corrected chi connectivity index (χ3v) is 4.65. The summed E-state index contributed by atoms with van der Waals surface area (Å²) in [5.41, 5.74) is 0. The molecule has 2 rings (SSSR count). The van der Waals surface area contributed by atoms with Crippen molar-refractivity contribution < 1.29 is 9.90 Å². The summed E-state index contributed by atoms with van der Waals surface area (Å²) in [5.74, 6) is -0.0584. The Hall–Kier alpha value is -0.570. The number of aliphatic carboxylic acids is 1. The van der Waals surface area contributed by atoms with Crippen molar-refractivity contribution in [2.75, 3.05) is 13.1 Å². The number of hydrogen-bond donors (Lipinski definition) is 1. The van der Waals surface area contributed by atoms with Gasteiger partial charge < -0.3 is 5.11 Å². The maximum atomic E-state index is 11.5. The topological polar surface area (TPSA) is 40.5 Å². The largest absolute Gasteiger partial charge is 0.481 e. The second-order valence-corrected chi connectivity index (χ2v) is 5.60. The molecule has 98 valence electrons. The molecule has 0 aromatic carbocycles. The van der Waals surface area contributed by atoms with Crippen LogP contribution in [0.25, 0.3) is 0 Å². The molecular formula is C14H25NO2. The van der Waals surface area contributed by atoms with Gasteiger partial charge in [0.2, 0.25) is 0 Å². The van der Waals surface area contributed by atoms with E-state index in [9.17, 15) is 9.90 Å². The van der Waals surface area contributed by atoms with Gasteiger partial charge in [0.05, 0.1) is 5.92 Å². The number of rotatable bonds is 3. The summed E-state index contributed by atoms with van der Waals surface area (Å²) < 4.78 is 0. The fourth-order valence-electron chi connectivity index (χ4n) is 3.82. The second-order valence-electron chi connectivity index (χ2n) is 5.60. The molecule has 3 nitrogen and oxygen atoms in total. The molecule has 1 saturated heterocycles. The summed E-state index contributed by atoms with van der Waals surface area (Å²) in [6.07, 6.45) is 8.20. The van der Waals surface area contributed by atoms with Crippen LogP contribution in [0.1, 0.15) is 51.9 Å². The van der Waals surface area contributed by atoms with E-state index in [0.29, 0.717) is 12.0 Å². The molecule has 0 amide bonds. The van der Waals surface area contributed by atoms with Crippen LogP contribution in [0.5, 0.6) is 0 Å². The summed E-state index contributed by atoms with van der Waals surface area (Å²) in [4.78, 5) is 14.0. The van der Waals surface area contributed by atoms with Gasteiger partial charge in [0, 0.05) is 6.04 Å². The highest BCUT2D eigenvalue weighted by Crippen LogP contribution is 2.37. The van der Waals surface area contributed by atoms with Crippen molar-refractivity contribution in [1.29, 1.82) is 0 Å². The lowest BCUT2D eigenvalue weighted by Crippen LogP contribution is -2.46. The third kappa shape index (κ3) is 2.82. The van der Waals surface area contributed by atoms with Crippen molar-refractivity contribution in [3.63, 3.8) is 0 Å². The van der Waals surface area contributed by atoms with Gasteiger partial charge in [-0.3, -0.25) is 9.69 Å². The van der Waals surface area contributed by atoms with Crippen molar-refractivity contribution in [2.45, 2.75) is 57.9 Å². The molecule has 0 bridgehead atoms. The average Bonchev–Trinajstić information content (AvgIpc) is 2.74. The normalized spacial score (nSPS) is 32.5. The summed E-state index contributed by atoms with van der Waals surface area (Å²) in [6.45, 7) is 4.28. The molecule has 0 radical (unpaired) electrons. The van der Waals surface area contributed by atoms with Gasteiger partial charge in [-0.15, -0.1) is 0 Å². The Labute approximate surface area is 104 Å². The molecule has 2 aliphatic rings. The Morgan fingerprint density at radius 2 is 1.82 bits per heavy atom. The zero-order chi connectivity index (χ0) is 12.3. The van der Waals surface area contributed by atoms with Crippen LogP contribution in [0.4, 0.5) is 0 Å². The first-order chi connectivity index (χ1) is 8.24. The van der Waals surface area contributed by atoms with Crippen molar-refractivity contribution in [3.05, 3.63) is 0 Å². The Morgan fingerprint density at radius 3 is 2.41 bits per heavy atom. The van der Waals surface area contributed by atoms with E-state index in [-0.39, 0.29) is 5.92 Å². The second kappa shape index (κ2) is 5.85. The highest BCUT2D eigenvalue weighted by molar-refractivity contribution is 5.71. The molecule has 0 unspecified atom stereocenters. The minimum atomic E-state index is -0.567. The van der Waals surface area contributed by atoms with Gasteiger partial charge in [-0.05, 0) is 44.7 Å². The monoisotopic (exact) mass is 239 g/mol. The summed E-state index contributed by atoms with van der Waals surface area (Å²) in [6, 6.07) is 0.308. The van der Waals surface area contributed by atoms with Crippen LogP contribution in [0.15, 0.2) is 0 Å². The molecule has 0 aromatic rings. The van der Waals surface area contributed by atoms with E-state index < -0.39 is 5.97 Å². The highest BCUT2D eigenvalue weighted by Gasteiger charge is 2.39. The smallest absolute Gasteiger partial charge is 0.308 e. The maximum absolute atomic E-state index is 11.5.